The van der Waals surface area contributed by atoms with Crippen LogP contribution >= 0.6 is 24.0 Å². The van der Waals surface area contributed by atoms with E-state index in [1.165, 1.54) is 5.56 Å². The molecule has 9 heteroatoms. The van der Waals surface area contributed by atoms with E-state index in [0.29, 0.717) is 22.0 Å². The molecule has 7 nitrogen and oxygen atoms in total. The highest BCUT2D eigenvalue weighted by molar-refractivity contribution is 6.30. The number of esters is 1. The molecule has 0 bridgehead atoms. The number of aryl methyl sites for hydroxylation is 1. The predicted octanol–water partition coefficient (Wildman–Crippen LogP) is 5.59. The fraction of sp³-hybridized carbons (Fsp3) is 0.310. The van der Waals surface area contributed by atoms with Gasteiger partial charge < -0.3 is 19.7 Å². The molecule has 1 heterocycles. The summed E-state index contributed by atoms with van der Waals surface area (Å²) in [5.41, 5.74) is 3.95. The predicted molar refractivity (Wildman–Crippen MR) is 154 cm³/mol. The molecule has 0 atom stereocenters. The van der Waals surface area contributed by atoms with Crippen LogP contribution < -0.4 is 15.0 Å². The van der Waals surface area contributed by atoms with Gasteiger partial charge in [-0.3, -0.25) is 9.69 Å². The Morgan fingerprint density at radius 1 is 0.974 bits per heavy atom. The highest BCUT2D eigenvalue weighted by atomic mass is 35.5. The molecule has 1 saturated heterocycles. The molecular formula is C29H33Cl2N3O4. The number of piperazine rings is 1. The summed E-state index contributed by atoms with van der Waals surface area (Å²) in [5, 5.41) is 3.55. The van der Waals surface area contributed by atoms with Crippen LogP contribution in [0.3, 0.4) is 0 Å². The van der Waals surface area contributed by atoms with E-state index >= 15 is 0 Å². The van der Waals surface area contributed by atoms with Crippen molar-refractivity contribution in [2.75, 3.05) is 49.6 Å². The Morgan fingerprint density at radius 2 is 1.71 bits per heavy atom. The van der Waals surface area contributed by atoms with Gasteiger partial charge in [0.2, 0.25) is 0 Å². The molecular weight excluding hydrogens is 525 g/mol. The Hall–Kier alpha value is -3.26. The molecule has 0 radical (unpaired) electrons. The molecule has 0 aromatic heterocycles. The molecule has 1 amide bonds. The van der Waals surface area contributed by atoms with Crippen LogP contribution in [0.4, 0.5) is 11.4 Å². The molecule has 0 spiro atoms. The molecule has 4 rings (SSSR count). The summed E-state index contributed by atoms with van der Waals surface area (Å²) in [6.07, 6.45) is 0. The van der Waals surface area contributed by atoms with Gasteiger partial charge >= 0.3 is 5.97 Å². The average molecular weight is 559 g/mol. The molecule has 1 aliphatic rings. The summed E-state index contributed by atoms with van der Waals surface area (Å²) in [5.74, 6) is -0.154. The van der Waals surface area contributed by atoms with Gasteiger partial charge in [-0.1, -0.05) is 41.9 Å². The Kier molecular flexibility index (Phi) is 10.8. The number of rotatable bonds is 9. The average Bonchev–Trinajstić information content (AvgIpc) is 2.89. The number of hydrogen-bond donors (Lipinski definition) is 1. The summed E-state index contributed by atoms with van der Waals surface area (Å²) < 4.78 is 10.9. The van der Waals surface area contributed by atoms with E-state index in [1.807, 2.05) is 19.1 Å². The van der Waals surface area contributed by atoms with Crippen molar-refractivity contribution in [1.82, 2.24) is 4.90 Å². The van der Waals surface area contributed by atoms with Gasteiger partial charge in [0.15, 0.2) is 6.61 Å². The third kappa shape index (κ3) is 7.87. The zero-order valence-electron chi connectivity index (χ0n) is 21.6. The van der Waals surface area contributed by atoms with Crippen LogP contribution in [0.5, 0.6) is 5.75 Å². The summed E-state index contributed by atoms with van der Waals surface area (Å²) in [6, 6.07) is 21.0. The maximum atomic E-state index is 12.9. The Labute approximate surface area is 235 Å². The minimum atomic E-state index is -0.426. The number of carbonyl (C=O) groups is 2. The number of anilines is 2. The highest BCUT2D eigenvalue weighted by Crippen LogP contribution is 2.29. The van der Waals surface area contributed by atoms with Gasteiger partial charge in [-0.2, -0.15) is 0 Å². The van der Waals surface area contributed by atoms with Gasteiger partial charge in [0.1, 0.15) is 5.75 Å². The largest absolute Gasteiger partial charge is 0.483 e. The first kappa shape index (κ1) is 29.3. The van der Waals surface area contributed by atoms with Gasteiger partial charge in [0.25, 0.3) is 5.91 Å². The molecule has 1 fully saturated rings. The van der Waals surface area contributed by atoms with E-state index in [-0.39, 0.29) is 31.5 Å². The lowest BCUT2D eigenvalue weighted by molar-refractivity contribution is -0.118. The Balaban J connectivity index is 0.00000400. The van der Waals surface area contributed by atoms with Crippen LogP contribution in [0.1, 0.15) is 28.4 Å². The van der Waals surface area contributed by atoms with Gasteiger partial charge in [-0.15, -0.1) is 12.4 Å². The molecule has 202 valence electrons. The third-order valence-electron chi connectivity index (χ3n) is 6.24. The molecule has 0 saturated carbocycles. The highest BCUT2D eigenvalue weighted by Gasteiger charge is 2.22. The maximum Gasteiger partial charge on any atom is 0.338 e. The van der Waals surface area contributed by atoms with E-state index in [1.54, 1.807) is 37.3 Å². The normalized spacial score (nSPS) is 13.4. The monoisotopic (exact) mass is 557 g/mol. The zero-order chi connectivity index (χ0) is 26.2. The van der Waals surface area contributed by atoms with E-state index in [4.69, 9.17) is 21.1 Å². The number of ether oxygens (including phenoxy) is 2. The van der Waals surface area contributed by atoms with Crippen molar-refractivity contribution >= 4 is 47.3 Å². The first-order valence-electron chi connectivity index (χ1n) is 12.4. The van der Waals surface area contributed by atoms with Crippen LogP contribution in [0.15, 0.2) is 66.7 Å². The van der Waals surface area contributed by atoms with Crippen LogP contribution in [0, 0.1) is 6.92 Å². The van der Waals surface area contributed by atoms with E-state index in [2.05, 4.69) is 39.4 Å². The molecule has 3 aromatic carbocycles. The number of halogens is 2. The summed E-state index contributed by atoms with van der Waals surface area (Å²) >= 11 is 6.01. The fourth-order valence-electron chi connectivity index (χ4n) is 4.35. The lowest BCUT2D eigenvalue weighted by Gasteiger charge is -2.37. The van der Waals surface area contributed by atoms with Crippen molar-refractivity contribution in [2.24, 2.45) is 0 Å². The second-order valence-electron chi connectivity index (χ2n) is 8.95. The smallest absolute Gasteiger partial charge is 0.338 e. The third-order valence-corrected chi connectivity index (χ3v) is 6.47. The van der Waals surface area contributed by atoms with Crippen LogP contribution in [-0.4, -0.2) is 56.2 Å². The first-order valence-corrected chi connectivity index (χ1v) is 12.8. The molecule has 3 aromatic rings. The molecule has 1 N–H and O–H groups in total. The molecule has 1 aliphatic heterocycles. The van der Waals surface area contributed by atoms with Gasteiger partial charge in [-0.25, -0.2) is 4.79 Å². The maximum absolute atomic E-state index is 12.9. The van der Waals surface area contributed by atoms with Crippen molar-refractivity contribution < 1.29 is 19.1 Å². The lowest BCUT2D eigenvalue weighted by Crippen LogP contribution is -2.46. The summed E-state index contributed by atoms with van der Waals surface area (Å²) in [6.45, 7) is 8.03. The topological polar surface area (TPSA) is 71.1 Å². The van der Waals surface area contributed by atoms with E-state index < -0.39 is 5.97 Å². The molecule has 0 unspecified atom stereocenters. The quantitative estimate of drug-likeness (QED) is 0.346. The number of carbonyl (C=O) groups excluding carboxylic acids is 2. The van der Waals surface area contributed by atoms with Gasteiger partial charge in [0.05, 0.1) is 23.5 Å². The van der Waals surface area contributed by atoms with Crippen molar-refractivity contribution in [2.45, 2.75) is 20.4 Å². The second-order valence-corrected chi connectivity index (χ2v) is 9.38. The summed E-state index contributed by atoms with van der Waals surface area (Å²) in [7, 11) is 0. The standard InChI is InChI=1S/C29H32ClN3O4.ClH/c1-3-36-29(35)23-9-11-26(33-15-13-32(14-16-33)19-22-7-5-4-6-8-22)25(18-23)31-28(34)20-37-27-12-10-24(30)17-21(27)2;/h4-12,17-18H,3,13-16,19-20H2,1-2H3,(H,31,34);1H. The van der Waals surface area contributed by atoms with Crippen LogP contribution in [0.25, 0.3) is 0 Å². The van der Waals surface area contributed by atoms with Gasteiger partial charge in [-0.05, 0) is 61.4 Å². The number of nitrogens with zero attached hydrogens (tertiary/aromatic N) is 2. The van der Waals surface area contributed by atoms with Crippen molar-refractivity contribution in [3.05, 3.63) is 88.4 Å². The molecule has 38 heavy (non-hydrogen) atoms. The van der Waals surface area contributed by atoms with Crippen molar-refractivity contribution in [1.29, 1.82) is 0 Å². The van der Waals surface area contributed by atoms with Gasteiger partial charge in [0, 0.05) is 37.7 Å². The van der Waals surface area contributed by atoms with Crippen molar-refractivity contribution in [3.8, 4) is 5.75 Å². The van der Waals surface area contributed by atoms with Crippen molar-refractivity contribution in [3.63, 3.8) is 0 Å². The minimum Gasteiger partial charge on any atom is -0.483 e. The number of amides is 1. The second kappa shape index (κ2) is 14.0. The van der Waals surface area contributed by atoms with Crippen LogP contribution in [0.2, 0.25) is 5.02 Å². The number of hydrogen-bond acceptors (Lipinski definition) is 6. The molecule has 0 aliphatic carbocycles. The minimum absolute atomic E-state index is 0. The van der Waals surface area contributed by atoms with E-state index in [9.17, 15) is 9.59 Å². The number of benzene rings is 3. The fourth-order valence-corrected chi connectivity index (χ4v) is 4.57. The lowest BCUT2D eigenvalue weighted by atomic mass is 10.1. The summed E-state index contributed by atoms with van der Waals surface area (Å²) in [4.78, 5) is 29.9. The zero-order valence-corrected chi connectivity index (χ0v) is 23.2. The number of nitrogens with one attached hydrogen (secondary N) is 1. The van der Waals surface area contributed by atoms with Crippen LogP contribution in [-0.2, 0) is 16.1 Å². The Bertz CT molecular complexity index is 1230. The SMILES string of the molecule is CCOC(=O)c1ccc(N2CCN(Cc3ccccc3)CC2)c(NC(=O)COc2ccc(Cl)cc2C)c1.Cl. The van der Waals surface area contributed by atoms with E-state index in [0.717, 1.165) is 44.0 Å². The Morgan fingerprint density at radius 3 is 2.39 bits per heavy atom. The first-order chi connectivity index (χ1) is 17.9.